The molecule has 0 aliphatic heterocycles. The van der Waals surface area contributed by atoms with E-state index in [-0.39, 0.29) is 96.2 Å². The van der Waals surface area contributed by atoms with Crippen molar-refractivity contribution in [2.24, 2.45) is 0 Å². The SMILES string of the molecule is O=S(=O)(O)O.[Cs+].[H-].[H-].[H-].[Mg+2]. The van der Waals surface area contributed by atoms with Gasteiger partial charge in [-0.25, -0.2) is 0 Å². The van der Waals surface area contributed by atoms with E-state index in [2.05, 4.69) is 0 Å². The fourth-order valence-corrected chi connectivity index (χ4v) is 0. The Morgan fingerprint density at radius 2 is 1.29 bits per heavy atom. The van der Waals surface area contributed by atoms with Crippen molar-refractivity contribution in [3.8, 4) is 0 Å². The van der Waals surface area contributed by atoms with Crippen molar-refractivity contribution in [3.63, 3.8) is 0 Å². The average molecular weight is 258 g/mol. The van der Waals surface area contributed by atoms with Crippen LogP contribution in [0.15, 0.2) is 0 Å². The molecule has 0 aromatic heterocycles. The Bertz CT molecular complexity index is 104. The molecule has 0 spiro atoms. The van der Waals surface area contributed by atoms with E-state index >= 15 is 0 Å². The van der Waals surface area contributed by atoms with Crippen LogP contribution in [0.2, 0.25) is 0 Å². The molecule has 0 amide bonds. The van der Waals surface area contributed by atoms with Crippen LogP contribution in [-0.4, -0.2) is 40.6 Å². The topological polar surface area (TPSA) is 74.6 Å². The first-order valence-corrected chi connectivity index (χ1v) is 2.10. The van der Waals surface area contributed by atoms with E-state index in [1.165, 1.54) is 0 Å². The quantitative estimate of drug-likeness (QED) is 0.346. The van der Waals surface area contributed by atoms with Crippen LogP contribution in [-0.2, 0) is 10.4 Å². The first-order chi connectivity index (χ1) is 2.00. The van der Waals surface area contributed by atoms with Crippen molar-refractivity contribution in [1.82, 2.24) is 0 Å². The predicted molar refractivity (Wildman–Crippen MR) is 23.3 cm³/mol. The zero-order chi connectivity index (χ0) is 4.50. The fourth-order valence-electron chi connectivity index (χ4n) is 0. The van der Waals surface area contributed by atoms with Crippen molar-refractivity contribution in [1.29, 1.82) is 0 Å². The second-order valence-corrected chi connectivity index (χ2v) is 1.34. The number of hydrogen-bond acceptors (Lipinski definition) is 2. The van der Waals surface area contributed by atoms with Crippen LogP contribution in [0.3, 0.4) is 0 Å². The third-order valence-electron chi connectivity index (χ3n) is 0. The first kappa shape index (κ1) is 16.3. The summed E-state index contributed by atoms with van der Waals surface area (Å²) >= 11 is 0. The predicted octanol–water partition coefficient (Wildman–Crippen LogP) is -3.69. The monoisotopic (exact) mass is 258 g/mol. The molecular formula is H5CsMgO4S. The Morgan fingerprint density at radius 1 is 1.29 bits per heavy atom. The molecule has 0 saturated carbocycles. The molecule has 0 rings (SSSR count). The van der Waals surface area contributed by atoms with Crippen molar-refractivity contribution in [3.05, 3.63) is 0 Å². The molecule has 0 aliphatic rings. The molecule has 2 N–H and O–H groups in total. The van der Waals surface area contributed by atoms with Crippen LogP contribution in [0, 0.1) is 0 Å². The van der Waals surface area contributed by atoms with Crippen LogP contribution in [0.1, 0.15) is 4.28 Å². The molecule has 7 heteroatoms. The van der Waals surface area contributed by atoms with Crippen LogP contribution in [0.4, 0.5) is 0 Å². The molecule has 0 radical (unpaired) electrons. The van der Waals surface area contributed by atoms with Crippen molar-refractivity contribution in [2.45, 2.75) is 0 Å². The second kappa shape index (κ2) is 6.80. The van der Waals surface area contributed by atoms with E-state index in [0.29, 0.717) is 0 Å². The second-order valence-electron chi connectivity index (χ2n) is 0.448. The Balaban J connectivity index is -0.00000000800. The first-order valence-electron chi connectivity index (χ1n) is 0.698. The molecule has 0 aromatic carbocycles. The molecule has 0 saturated heterocycles. The van der Waals surface area contributed by atoms with Gasteiger partial charge < -0.3 is 4.28 Å². The van der Waals surface area contributed by atoms with E-state index in [1.54, 1.807) is 0 Å². The summed E-state index contributed by atoms with van der Waals surface area (Å²) in [5.74, 6) is 0. The molecule has 0 atom stereocenters. The van der Waals surface area contributed by atoms with E-state index in [1.807, 2.05) is 0 Å². The van der Waals surface area contributed by atoms with E-state index in [4.69, 9.17) is 17.5 Å². The van der Waals surface area contributed by atoms with Gasteiger partial charge in [0.05, 0.1) is 0 Å². The number of hydrogen-bond donors (Lipinski definition) is 2. The van der Waals surface area contributed by atoms with E-state index in [9.17, 15) is 0 Å². The minimum absolute atomic E-state index is 0. The molecule has 0 unspecified atom stereocenters. The summed E-state index contributed by atoms with van der Waals surface area (Å²) in [7, 11) is -4.67. The number of rotatable bonds is 0. The largest absolute Gasteiger partial charge is 2.00 e. The molecule has 0 aromatic rings. The van der Waals surface area contributed by atoms with Crippen LogP contribution in [0.25, 0.3) is 0 Å². The maximum Gasteiger partial charge on any atom is 2.00 e. The van der Waals surface area contributed by atoms with Gasteiger partial charge in [-0.15, -0.1) is 0 Å². The normalized spacial score (nSPS) is 8.29. The van der Waals surface area contributed by atoms with Crippen LogP contribution < -0.4 is 68.9 Å². The summed E-state index contributed by atoms with van der Waals surface area (Å²) in [4.78, 5) is 0. The van der Waals surface area contributed by atoms with Gasteiger partial charge in [-0.05, 0) is 0 Å². The fraction of sp³-hybridized carbons (Fsp3) is 0. The summed E-state index contributed by atoms with van der Waals surface area (Å²) in [5, 5.41) is 0. The zero-order valence-electron chi connectivity index (χ0n) is 6.83. The van der Waals surface area contributed by atoms with Crippen molar-refractivity contribution in [2.75, 3.05) is 0 Å². The standard InChI is InChI=1S/Cs.Mg.H2O4S.3H/c;;1-5(2,3)4;;;/h;;(H2,1,2,3,4);;;/q+1;+2;;3*-1. The molecular weight excluding hydrogens is 253 g/mol. The molecule has 4 nitrogen and oxygen atoms in total. The Labute approximate surface area is 121 Å². The zero-order valence-corrected chi connectivity index (χ0v) is 12.3. The minimum atomic E-state index is -4.67. The van der Waals surface area contributed by atoms with Gasteiger partial charge in [-0.3, -0.25) is 9.11 Å². The van der Waals surface area contributed by atoms with E-state index < -0.39 is 10.4 Å². The van der Waals surface area contributed by atoms with Crippen LogP contribution >= 0.6 is 0 Å². The minimum Gasteiger partial charge on any atom is -1.00 e. The summed E-state index contributed by atoms with van der Waals surface area (Å²) in [6.45, 7) is 0. The van der Waals surface area contributed by atoms with Crippen molar-refractivity contribution < 1.29 is 90.7 Å². The maximum atomic E-state index is 8.74. The summed E-state index contributed by atoms with van der Waals surface area (Å²) in [5.41, 5.74) is 0. The third-order valence-corrected chi connectivity index (χ3v) is 0. The van der Waals surface area contributed by atoms with Gasteiger partial charge in [0.2, 0.25) is 0 Å². The third kappa shape index (κ3) is 53.8. The van der Waals surface area contributed by atoms with Gasteiger partial charge >= 0.3 is 102 Å². The molecule has 0 aliphatic carbocycles. The summed E-state index contributed by atoms with van der Waals surface area (Å²) in [6.07, 6.45) is 0. The Morgan fingerprint density at radius 3 is 1.29 bits per heavy atom. The molecule has 38 valence electrons. The molecule has 0 heterocycles. The molecule has 0 bridgehead atoms. The van der Waals surface area contributed by atoms with Gasteiger partial charge in [0.1, 0.15) is 0 Å². The van der Waals surface area contributed by atoms with Gasteiger partial charge in [-0.2, -0.15) is 8.42 Å². The van der Waals surface area contributed by atoms with Crippen molar-refractivity contribution >= 4 is 33.5 Å². The van der Waals surface area contributed by atoms with Gasteiger partial charge in [0.15, 0.2) is 0 Å². The smallest absolute Gasteiger partial charge is 1.00 e. The molecule has 7 heavy (non-hydrogen) atoms. The van der Waals surface area contributed by atoms with Gasteiger partial charge in [-0.1, -0.05) is 0 Å². The Hall–Kier alpha value is 2.69. The van der Waals surface area contributed by atoms with Crippen LogP contribution in [0.5, 0.6) is 0 Å². The van der Waals surface area contributed by atoms with Gasteiger partial charge in [0, 0.05) is 0 Å². The summed E-state index contributed by atoms with van der Waals surface area (Å²) in [6, 6.07) is 0. The molecule has 0 fully saturated rings. The summed E-state index contributed by atoms with van der Waals surface area (Å²) < 4.78 is 31.6. The maximum absolute atomic E-state index is 8.74. The Kier molecular flexibility index (Phi) is 15.9. The van der Waals surface area contributed by atoms with E-state index in [0.717, 1.165) is 0 Å². The van der Waals surface area contributed by atoms with Gasteiger partial charge in [0.25, 0.3) is 0 Å². The average Bonchev–Trinajstić information content (AvgIpc) is 0.722.